The van der Waals surface area contributed by atoms with Crippen molar-refractivity contribution >= 4 is 5.69 Å². The number of nitrogens with two attached hydrogens (primary N) is 1. The van der Waals surface area contributed by atoms with E-state index in [0.29, 0.717) is 6.61 Å². The van der Waals surface area contributed by atoms with Gasteiger partial charge in [0.15, 0.2) is 0 Å². The Morgan fingerprint density at radius 2 is 1.83 bits per heavy atom. The maximum Gasteiger partial charge on any atom is 0.130 e. The van der Waals surface area contributed by atoms with Gasteiger partial charge in [0, 0.05) is 11.3 Å². The average Bonchev–Trinajstić information content (AvgIpc) is 3.01. The summed E-state index contributed by atoms with van der Waals surface area (Å²) in [4.78, 5) is 0. The second kappa shape index (κ2) is 6.40. The molecule has 24 heavy (non-hydrogen) atoms. The van der Waals surface area contributed by atoms with Crippen molar-refractivity contribution in [3.63, 3.8) is 0 Å². The van der Waals surface area contributed by atoms with Gasteiger partial charge in [0.05, 0.1) is 11.4 Å². The van der Waals surface area contributed by atoms with E-state index in [-0.39, 0.29) is 5.41 Å². The van der Waals surface area contributed by atoms with Gasteiger partial charge in [-0.3, -0.25) is 5.10 Å². The molecule has 2 aromatic carbocycles. The molecule has 3 rings (SSSR count). The molecule has 0 saturated carbocycles. The molecule has 0 amide bonds. The van der Waals surface area contributed by atoms with Gasteiger partial charge in [0.2, 0.25) is 0 Å². The number of para-hydroxylation sites is 1. The summed E-state index contributed by atoms with van der Waals surface area (Å²) in [5.41, 5.74) is 10.6. The lowest BCUT2D eigenvalue weighted by Gasteiger charge is -2.22. The van der Waals surface area contributed by atoms with Crippen LogP contribution in [0.1, 0.15) is 32.0 Å². The maximum atomic E-state index is 6.03. The smallest absolute Gasteiger partial charge is 0.130 e. The van der Waals surface area contributed by atoms with E-state index < -0.39 is 0 Å². The standard InChI is InChI=1S/C20H23N3O/c1-20(2,3)17-9-4-5-10-19(17)24-13-16-12-18(23-22-16)14-7-6-8-15(21)11-14/h4-12H,13,21H2,1-3H3,(H,22,23). The topological polar surface area (TPSA) is 63.9 Å². The number of benzene rings is 2. The lowest BCUT2D eigenvalue weighted by molar-refractivity contribution is 0.293. The van der Waals surface area contributed by atoms with Gasteiger partial charge in [-0.2, -0.15) is 5.10 Å². The van der Waals surface area contributed by atoms with Crippen molar-refractivity contribution in [1.82, 2.24) is 10.2 Å². The average molecular weight is 321 g/mol. The SMILES string of the molecule is CC(C)(C)c1ccccc1OCc1cc(-c2cccc(N)c2)n[nH]1. The number of nitrogens with zero attached hydrogens (tertiary/aromatic N) is 1. The number of H-pyrrole nitrogens is 1. The van der Waals surface area contributed by atoms with Gasteiger partial charge < -0.3 is 10.5 Å². The molecule has 0 radical (unpaired) electrons. The normalized spacial score (nSPS) is 11.5. The summed E-state index contributed by atoms with van der Waals surface area (Å²) in [5.74, 6) is 0.908. The molecule has 0 aliphatic carbocycles. The molecule has 124 valence electrons. The van der Waals surface area contributed by atoms with Crippen LogP contribution < -0.4 is 10.5 Å². The maximum absolute atomic E-state index is 6.03. The van der Waals surface area contributed by atoms with Crippen LogP contribution in [-0.4, -0.2) is 10.2 Å². The number of aromatic nitrogens is 2. The minimum absolute atomic E-state index is 0.0390. The molecule has 0 aliphatic rings. The summed E-state index contributed by atoms with van der Waals surface area (Å²) < 4.78 is 6.03. The zero-order chi connectivity index (χ0) is 17.2. The molecular weight excluding hydrogens is 298 g/mol. The minimum Gasteiger partial charge on any atom is -0.487 e. The first-order valence-electron chi connectivity index (χ1n) is 8.06. The first-order valence-corrected chi connectivity index (χ1v) is 8.06. The van der Waals surface area contributed by atoms with Crippen LogP contribution in [-0.2, 0) is 12.0 Å². The third-order valence-electron chi connectivity index (χ3n) is 3.89. The fraction of sp³-hybridized carbons (Fsp3) is 0.250. The molecule has 1 heterocycles. The molecule has 4 heteroatoms. The van der Waals surface area contributed by atoms with E-state index in [4.69, 9.17) is 10.5 Å². The molecule has 3 N–H and O–H groups in total. The predicted molar refractivity (Wildman–Crippen MR) is 97.9 cm³/mol. The van der Waals surface area contributed by atoms with Crippen molar-refractivity contribution in [2.45, 2.75) is 32.8 Å². The Morgan fingerprint density at radius 1 is 1.04 bits per heavy atom. The summed E-state index contributed by atoms with van der Waals surface area (Å²) in [6.45, 7) is 7.00. The molecule has 3 aromatic rings. The number of rotatable bonds is 4. The van der Waals surface area contributed by atoms with E-state index in [9.17, 15) is 0 Å². The zero-order valence-electron chi connectivity index (χ0n) is 14.3. The quantitative estimate of drug-likeness (QED) is 0.694. The van der Waals surface area contributed by atoms with Crippen molar-refractivity contribution in [2.24, 2.45) is 0 Å². The van der Waals surface area contributed by atoms with Crippen LogP contribution in [0.25, 0.3) is 11.3 Å². The van der Waals surface area contributed by atoms with E-state index in [1.165, 1.54) is 5.56 Å². The number of anilines is 1. The number of nitrogen functional groups attached to an aromatic ring is 1. The molecule has 0 aliphatic heterocycles. The molecule has 0 bridgehead atoms. The molecule has 0 atom stereocenters. The number of hydrogen-bond acceptors (Lipinski definition) is 3. The third-order valence-corrected chi connectivity index (χ3v) is 3.89. The fourth-order valence-electron chi connectivity index (χ4n) is 2.65. The van der Waals surface area contributed by atoms with Crippen LogP contribution in [0.3, 0.4) is 0 Å². The van der Waals surface area contributed by atoms with Gasteiger partial charge >= 0.3 is 0 Å². The van der Waals surface area contributed by atoms with Crippen molar-refractivity contribution in [2.75, 3.05) is 5.73 Å². The molecule has 4 nitrogen and oxygen atoms in total. The highest BCUT2D eigenvalue weighted by atomic mass is 16.5. The van der Waals surface area contributed by atoms with Crippen molar-refractivity contribution in [3.05, 3.63) is 65.9 Å². The first-order chi connectivity index (χ1) is 11.4. The van der Waals surface area contributed by atoms with E-state index in [1.807, 2.05) is 48.5 Å². The van der Waals surface area contributed by atoms with E-state index in [0.717, 1.165) is 28.4 Å². The molecular formula is C20H23N3O. The van der Waals surface area contributed by atoms with Gasteiger partial charge in [0.1, 0.15) is 12.4 Å². The summed E-state index contributed by atoms with van der Waals surface area (Å²) >= 11 is 0. The van der Waals surface area contributed by atoms with Crippen molar-refractivity contribution in [1.29, 1.82) is 0 Å². The molecule has 0 unspecified atom stereocenters. The minimum atomic E-state index is 0.0390. The zero-order valence-corrected chi connectivity index (χ0v) is 14.3. The second-order valence-electron chi connectivity index (χ2n) is 6.94. The van der Waals surface area contributed by atoms with Gasteiger partial charge in [-0.25, -0.2) is 0 Å². The Kier molecular flexibility index (Phi) is 4.30. The highest BCUT2D eigenvalue weighted by Crippen LogP contribution is 2.31. The monoisotopic (exact) mass is 321 g/mol. The van der Waals surface area contributed by atoms with E-state index in [2.05, 4.69) is 37.0 Å². The van der Waals surface area contributed by atoms with Crippen LogP contribution in [0.4, 0.5) is 5.69 Å². The van der Waals surface area contributed by atoms with Gasteiger partial charge in [-0.05, 0) is 35.2 Å². The van der Waals surface area contributed by atoms with Crippen LogP contribution in [0.15, 0.2) is 54.6 Å². The van der Waals surface area contributed by atoms with Gasteiger partial charge in [-0.15, -0.1) is 0 Å². The van der Waals surface area contributed by atoms with E-state index >= 15 is 0 Å². The van der Waals surface area contributed by atoms with Crippen LogP contribution in [0.2, 0.25) is 0 Å². The number of hydrogen-bond donors (Lipinski definition) is 2. The largest absolute Gasteiger partial charge is 0.487 e. The predicted octanol–water partition coefficient (Wildman–Crippen LogP) is 4.54. The van der Waals surface area contributed by atoms with Crippen LogP contribution >= 0.6 is 0 Å². The van der Waals surface area contributed by atoms with Crippen molar-refractivity contribution in [3.8, 4) is 17.0 Å². The summed E-state index contributed by atoms with van der Waals surface area (Å²) in [5, 5.41) is 7.39. The Morgan fingerprint density at radius 3 is 2.58 bits per heavy atom. The third kappa shape index (κ3) is 3.59. The summed E-state index contributed by atoms with van der Waals surface area (Å²) in [6, 6.07) is 17.8. The van der Waals surface area contributed by atoms with Crippen LogP contribution in [0.5, 0.6) is 5.75 Å². The Bertz CT molecular complexity index is 831. The molecule has 1 aromatic heterocycles. The van der Waals surface area contributed by atoms with E-state index in [1.54, 1.807) is 0 Å². The van der Waals surface area contributed by atoms with Gasteiger partial charge in [-0.1, -0.05) is 51.1 Å². The Labute approximate surface area is 142 Å². The molecule has 0 fully saturated rings. The molecule has 0 spiro atoms. The Hall–Kier alpha value is -2.75. The van der Waals surface area contributed by atoms with Gasteiger partial charge in [0.25, 0.3) is 0 Å². The molecule has 0 saturated heterocycles. The first kappa shape index (κ1) is 16.1. The Balaban J connectivity index is 1.75. The van der Waals surface area contributed by atoms with Crippen LogP contribution in [0, 0.1) is 0 Å². The highest BCUT2D eigenvalue weighted by molar-refractivity contribution is 5.64. The lowest BCUT2D eigenvalue weighted by Crippen LogP contribution is -2.13. The number of ether oxygens (including phenoxy) is 1. The van der Waals surface area contributed by atoms with Crippen molar-refractivity contribution < 1.29 is 4.74 Å². The lowest BCUT2D eigenvalue weighted by atomic mass is 9.86. The summed E-state index contributed by atoms with van der Waals surface area (Å²) in [6.07, 6.45) is 0. The second-order valence-corrected chi connectivity index (χ2v) is 6.94. The number of aromatic amines is 1. The number of nitrogens with one attached hydrogen (secondary N) is 1. The summed E-state index contributed by atoms with van der Waals surface area (Å²) in [7, 11) is 0. The highest BCUT2D eigenvalue weighted by Gasteiger charge is 2.18. The fourth-order valence-corrected chi connectivity index (χ4v) is 2.65.